The first-order valence-corrected chi connectivity index (χ1v) is 8.42. The van der Waals surface area contributed by atoms with Crippen molar-refractivity contribution in [3.63, 3.8) is 0 Å². The Labute approximate surface area is 126 Å². The van der Waals surface area contributed by atoms with Crippen molar-refractivity contribution in [3.8, 4) is 0 Å². The van der Waals surface area contributed by atoms with Crippen molar-refractivity contribution in [1.29, 1.82) is 0 Å². The maximum Gasteiger partial charge on any atom is 0.0433 e. The van der Waals surface area contributed by atoms with Crippen LogP contribution in [0.2, 0.25) is 0 Å². The molecular formula is C17H36N2O. The van der Waals surface area contributed by atoms with E-state index in [0.717, 1.165) is 6.42 Å². The second kappa shape index (κ2) is 9.01. The molecule has 3 nitrogen and oxygen atoms in total. The highest BCUT2D eigenvalue weighted by molar-refractivity contribution is 4.71. The van der Waals surface area contributed by atoms with Crippen LogP contribution in [0.3, 0.4) is 0 Å². The van der Waals surface area contributed by atoms with E-state index in [4.69, 9.17) is 0 Å². The number of rotatable bonds is 8. The van der Waals surface area contributed by atoms with Gasteiger partial charge in [-0.3, -0.25) is 0 Å². The van der Waals surface area contributed by atoms with Gasteiger partial charge in [0.15, 0.2) is 0 Å². The van der Waals surface area contributed by atoms with Gasteiger partial charge in [-0.15, -0.1) is 0 Å². The maximum absolute atomic E-state index is 9.21. The first-order valence-electron chi connectivity index (χ1n) is 8.42. The van der Waals surface area contributed by atoms with Crippen molar-refractivity contribution in [1.82, 2.24) is 9.80 Å². The summed E-state index contributed by atoms with van der Waals surface area (Å²) in [5, 5.41) is 9.21. The van der Waals surface area contributed by atoms with Crippen LogP contribution in [0.4, 0.5) is 0 Å². The number of unbranched alkanes of at least 4 members (excludes halogenated alkanes) is 1. The van der Waals surface area contributed by atoms with Crippen LogP contribution in [0.15, 0.2) is 0 Å². The standard InChI is InChI=1S/C17H36N2O/c1-17(2,3)15-16(8-14-20)7-5-6-9-19-12-10-18(4)11-13-19/h16,20H,5-15H2,1-4H3/t16-/m0/s1. The third-order valence-corrected chi connectivity index (χ3v) is 4.37. The SMILES string of the molecule is CN1CCN(CCCC[C@@H](CCO)CC(C)(C)C)CC1. The van der Waals surface area contributed by atoms with Crippen LogP contribution >= 0.6 is 0 Å². The second-order valence-corrected chi connectivity index (χ2v) is 7.78. The number of hydrogen-bond acceptors (Lipinski definition) is 3. The van der Waals surface area contributed by atoms with E-state index < -0.39 is 0 Å². The van der Waals surface area contributed by atoms with Crippen molar-refractivity contribution in [2.45, 2.75) is 52.9 Å². The summed E-state index contributed by atoms with van der Waals surface area (Å²) in [6.45, 7) is 13.4. The van der Waals surface area contributed by atoms with Crippen LogP contribution in [0, 0.1) is 11.3 Å². The summed E-state index contributed by atoms with van der Waals surface area (Å²) >= 11 is 0. The summed E-state index contributed by atoms with van der Waals surface area (Å²) in [4.78, 5) is 5.02. The van der Waals surface area contributed by atoms with Gasteiger partial charge in [0.05, 0.1) is 0 Å². The predicted octanol–water partition coefficient (Wildman–Crippen LogP) is 2.84. The van der Waals surface area contributed by atoms with E-state index in [2.05, 4.69) is 37.6 Å². The van der Waals surface area contributed by atoms with Gasteiger partial charge in [-0.1, -0.05) is 33.6 Å². The molecule has 0 bridgehead atoms. The Morgan fingerprint density at radius 3 is 2.20 bits per heavy atom. The Kier molecular flexibility index (Phi) is 8.08. The van der Waals surface area contributed by atoms with Gasteiger partial charge in [0.2, 0.25) is 0 Å². The lowest BCUT2D eigenvalue weighted by Gasteiger charge is -2.32. The van der Waals surface area contributed by atoms with E-state index in [-0.39, 0.29) is 0 Å². The minimum absolute atomic E-state index is 0.346. The van der Waals surface area contributed by atoms with Crippen LogP contribution < -0.4 is 0 Å². The number of likely N-dealkylation sites (N-methyl/N-ethyl adjacent to an activating group) is 1. The molecule has 120 valence electrons. The average Bonchev–Trinajstić information content (AvgIpc) is 2.35. The van der Waals surface area contributed by atoms with Crippen molar-refractivity contribution < 1.29 is 5.11 Å². The Balaban J connectivity index is 2.13. The molecule has 0 aromatic carbocycles. The van der Waals surface area contributed by atoms with Gasteiger partial charge in [-0.25, -0.2) is 0 Å². The van der Waals surface area contributed by atoms with Crippen molar-refractivity contribution >= 4 is 0 Å². The normalized spacial score (nSPS) is 20.2. The van der Waals surface area contributed by atoms with Gasteiger partial charge in [0.1, 0.15) is 0 Å². The lowest BCUT2D eigenvalue weighted by atomic mass is 9.81. The molecule has 0 saturated carbocycles. The minimum Gasteiger partial charge on any atom is -0.396 e. The molecule has 0 unspecified atom stereocenters. The molecule has 1 saturated heterocycles. The first-order chi connectivity index (χ1) is 9.40. The molecule has 0 radical (unpaired) electrons. The fourth-order valence-electron chi connectivity index (χ4n) is 3.24. The van der Waals surface area contributed by atoms with Gasteiger partial charge >= 0.3 is 0 Å². The molecule has 1 aliphatic heterocycles. The molecule has 0 aromatic heterocycles. The Hall–Kier alpha value is -0.120. The zero-order valence-corrected chi connectivity index (χ0v) is 14.2. The molecule has 1 N–H and O–H groups in total. The minimum atomic E-state index is 0.346. The van der Waals surface area contributed by atoms with E-state index in [0.29, 0.717) is 17.9 Å². The second-order valence-electron chi connectivity index (χ2n) is 7.78. The number of nitrogens with zero attached hydrogens (tertiary/aromatic N) is 2. The monoisotopic (exact) mass is 284 g/mol. The molecule has 0 aromatic rings. The van der Waals surface area contributed by atoms with Gasteiger partial charge in [-0.2, -0.15) is 0 Å². The first kappa shape index (κ1) is 17.9. The third-order valence-electron chi connectivity index (χ3n) is 4.37. The molecule has 1 heterocycles. The Morgan fingerprint density at radius 1 is 1.00 bits per heavy atom. The Morgan fingerprint density at radius 2 is 1.65 bits per heavy atom. The fourth-order valence-corrected chi connectivity index (χ4v) is 3.24. The van der Waals surface area contributed by atoms with E-state index in [9.17, 15) is 5.11 Å². The summed E-state index contributed by atoms with van der Waals surface area (Å²) in [6, 6.07) is 0. The quantitative estimate of drug-likeness (QED) is 0.694. The zero-order chi connectivity index (χ0) is 15.0. The molecule has 1 aliphatic rings. The molecule has 1 rings (SSSR count). The van der Waals surface area contributed by atoms with E-state index in [1.165, 1.54) is 58.4 Å². The molecule has 0 aliphatic carbocycles. The highest BCUT2D eigenvalue weighted by Gasteiger charge is 2.18. The number of hydrogen-bond donors (Lipinski definition) is 1. The van der Waals surface area contributed by atoms with E-state index >= 15 is 0 Å². The molecule has 3 heteroatoms. The lowest BCUT2D eigenvalue weighted by molar-refractivity contribution is 0.149. The molecule has 0 spiro atoms. The number of piperazine rings is 1. The van der Waals surface area contributed by atoms with Crippen LogP contribution in [0.5, 0.6) is 0 Å². The molecule has 0 amide bonds. The maximum atomic E-state index is 9.21. The van der Waals surface area contributed by atoms with Gasteiger partial charge in [-0.05, 0) is 44.2 Å². The predicted molar refractivity (Wildman–Crippen MR) is 87.1 cm³/mol. The van der Waals surface area contributed by atoms with Crippen LogP contribution in [0.25, 0.3) is 0 Å². The lowest BCUT2D eigenvalue weighted by Crippen LogP contribution is -2.44. The van der Waals surface area contributed by atoms with Crippen molar-refractivity contribution in [2.75, 3.05) is 46.4 Å². The van der Waals surface area contributed by atoms with Crippen molar-refractivity contribution in [2.24, 2.45) is 11.3 Å². The summed E-state index contributed by atoms with van der Waals surface area (Å²) in [5.74, 6) is 0.701. The number of aliphatic hydroxyl groups excluding tert-OH is 1. The molecular weight excluding hydrogens is 248 g/mol. The largest absolute Gasteiger partial charge is 0.396 e. The van der Waals surface area contributed by atoms with Crippen LogP contribution in [-0.2, 0) is 0 Å². The summed E-state index contributed by atoms with van der Waals surface area (Å²) in [7, 11) is 2.21. The highest BCUT2D eigenvalue weighted by Crippen LogP contribution is 2.29. The van der Waals surface area contributed by atoms with E-state index in [1.54, 1.807) is 0 Å². The van der Waals surface area contributed by atoms with Crippen molar-refractivity contribution in [3.05, 3.63) is 0 Å². The Bertz CT molecular complexity index is 242. The molecule has 1 fully saturated rings. The summed E-state index contributed by atoms with van der Waals surface area (Å²) in [5.41, 5.74) is 0.386. The zero-order valence-electron chi connectivity index (χ0n) is 14.2. The third kappa shape index (κ3) is 8.23. The molecule has 1 atom stereocenters. The average molecular weight is 284 g/mol. The van der Waals surface area contributed by atoms with Crippen LogP contribution in [-0.4, -0.2) is 61.3 Å². The summed E-state index contributed by atoms with van der Waals surface area (Å²) < 4.78 is 0. The van der Waals surface area contributed by atoms with Gasteiger partial charge in [0, 0.05) is 32.8 Å². The smallest absolute Gasteiger partial charge is 0.0433 e. The number of aliphatic hydroxyl groups is 1. The van der Waals surface area contributed by atoms with Gasteiger partial charge in [0.25, 0.3) is 0 Å². The van der Waals surface area contributed by atoms with E-state index in [1.807, 2.05) is 0 Å². The fraction of sp³-hybridized carbons (Fsp3) is 1.00. The molecule has 20 heavy (non-hydrogen) atoms. The highest BCUT2D eigenvalue weighted by atomic mass is 16.3. The van der Waals surface area contributed by atoms with Crippen LogP contribution in [0.1, 0.15) is 52.9 Å². The van der Waals surface area contributed by atoms with Gasteiger partial charge < -0.3 is 14.9 Å². The topological polar surface area (TPSA) is 26.7 Å². The summed E-state index contributed by atoms with van der Waals surface area (Å²) in [6.07, 6.45) is 6.13.